The first-order chi connectivity index (χ1) is 13.1. The quantitative estimate of drug-likeness (QED) is 0.682. The van der Waals surface area contributed by atoms with E-state index in [-0.39, 0.29) is 16.2 Å². The lowest BCUT2D eigenvalue weighted by molar-refractivity contribution is -0.130. The number of hydrogen-bond donors (Lipinski definition) is 0. The number of carbonyl (C=O) groups excluding carboxylic acids is 1. The van der Waals surface area contributed by atoms with E-state index in [4.69, 9.17) is 9.47 Å². The number of likely N-dealkylation sites (N-methyl/N-ethyl adjacent to an activating group) is 2. The lowest BCUT2D eigenvalue weighted by Gasteiger charge is -2.18. The smallest absolute Gasteiger partial charge is 0.238 e. The van der Waals surface area contributed by atoms with Crippen molar-refractivity contribution in [1.82, 2.24) is 9.88 Å². The summed E-state index contributed by atoms with van der Waals surface area (Å²) < 4.78 is 11.3. The molecule has 0 aliphatic carbocycles. The molecule has 1 aromatic carbocycles. The molecule has 142 valence electrons. The predicted molar refractivity (Wildman–Crippen MR) is 106 cm³/mol. The zero-order chi connectivity index (χ0) is 18.9. The second-order valence-corrected chi connectivity index (χ2v) is 8.25. The van der Waals surface area contributed by atoms with Crippen molar-refractivity contribution in [2.45, 2.75) is 16.7 Å². The minimum absolute atomic E-state index is 0.0729. The monoisotopic (exact) mass is 385 g/mol. The number of anilines is 1. The molecule has 1 aromatic heterocycles. The number of thioether (sulfide) groups is 1. The molecule has 2 aliphatic heterocycles. The van der Waals surface area contributed by atoms with Gasteiger partial charge in [0.25, 0.3) is 0 Å². The van der Waals surface area contributed by atoms with Crippen LogP contribution in [0.1, 0.15) is 5.56 Å². The van der Waals surface area contributed by atoms with E-state index in [1.54, 1.807) is 22.9 Å². The third kappa shape index (κ3) is 3.89. The van der Waals surface area contributed by atoms with Gasteiger partial charge in [-0.05, 0) is 36.2 Å². The van der Waals surface area contributed by atoms with Gasteiger partial charge in [0.1, 0.15) is 24.8 Å². The highest BCUT2D eigenvalue weighted by Gasteiger charge is 2.60. The van der Waals surface area contributed by atoms with Crippen molar-refractivity contribution in [2.75, 3.05) is 38.8 Å². The Morgan fingerprint density at radius 3 is 2.74 bits per heavy atom. The van der Waals surface area contributed by atoms with E-state index < -0.39 is 0 Å². The molecule has 27 heavy (non-hydrogen) atoms. The fraction of sp³-hybridized carbons (Fsp3) is 0.400. The Morgan fingerprint density at radius 1 is 1.33 bits per heavy atom. The Bertz CT molecular complexity index is 796. The van der Waals surface area contributed by atoms with E-state index in [1.807, 2.05) is 56.6 Å². The van der Waals surface area contributed by atoms with Crippen molar-refractivity contribution in [1.29, 1.82) is 0 Å². The highest BCUT2D eigenvalue weighted by molar-refractivity contribution is 8.02. The first-order valence-corrected chi connectivity index (χ1v) is 9.89. The maximum Gasteiger partial charge on any atom is 0.238 e. The van der Waals surface area contributed by atoms with Gasteiger partial charge in [-0.25, -0.2) is 4.98 Å². The van der Waals surface area contributed by atoms with Gasteiger partial charge < -0.3 is 19.3 Å². The molecular weight excluding hydrogens is 362 g/mol. The van der Waals surface area contributed by atoms with Crippen LogP contribution < -0.4 is 9.64 Å². The topological polar surface area (TPSA) is 58.2 Å². The fourth-order valence-corrected chi connectivity index (χ4v) is 4.54. The molecule has 0 N–H and O–H groups in total. The number of rotatable bonds is 7. The molecule has 2 fully saturated rings. The normalized spacial score (nSPS) is 23.7. The van der Waals surface area contributed by atoms with Gasteiger partial charge in [-0.1, -0.05) is 30.0 Å². The minimum Gasteiger partial charge on any atom is -0.492 e. The molecule has 0 radical (unpaired) electrons. The molecule has 2 aromatic rings. The van der Waals surface area contributed by atoms with Crippen molar-refractivity contribution in [2.24, 2.45) is 0 Å². The fourth-order valence-electron chi connectivity index (χ4n) is 3.12. The number of aromatic nitrogens is 1. The van der Waals surface area contributed by atoms with Crippen LogP contribution in [0.15, 0.2) is 48.7 Å². The van der Waals surface area contributed by atoms with Crippen LogP contribution in [0.2, 0.25) is 0 Å². The van der Waals surface area contributed by atoms with Gasteiger partial charge in [-0.3, -0.25) is 4.79 Å². The molecule has 3 heterocycles. The van der Waals surface area contributed by atoms with Crippen LogP contribution in [0.25, 0.3) is 0 Å². The molecule has 2 aliphatic rings. The Hall–Kier alpha value is -2.25. The Morgan fingerprint density at radius 2 is 2.11 bits per heavy atom. The highest BCUT2D eigenvalue weighted by atomic mass is 32.2. The van der Waals surface area contributed by atoms with Crippen LogP contribution in [0.5, 0.6) is 5.75 Å². The summed E-state index contributed by atoms with van der Waals surface area (Å²) in [6.45, 7) is 1.96. The zero-order valence-electron chi connectivity index (χ0n) is 15.5. The number of hydrogen-bond acceptors (Lipinski definition) is 6. The largest absolute Gasteiger partial charge is 0.492 e. The number of carbonyl (C=O) groups is 1. The van der Waals surface area contributed by atoms with E-state index in [9.17, 15) is 4.79 Å². The highest BCUT2D eigenvalue weighted by Crippen LogP contribution is 2.50. The van der Waals surface area contributed by atoms with E-state index in [0.29, 0.717) is 19.6 Å². The number of nitrogens with zero attached hydrogens (tertiary/aromatic N) is 3. The third-order valence-corrected chi connectivity index (χ3v) is 6.45. The molecule has 4 rings (SSSR count). The van der Waals surface area contributed by atoms with Crippen molar-refractivity contribution in [3.05, 3.63) is 54.2 Å². The number of pyridine rings is 1. The molecule has 0 saturated carbocycles. The average Bonchev–Trinajstić information content (AvgIpc) is 3.44. The lowest BCUT2D eigenvalue weighted by Crippen LogP contribution is -2.32. The summed E-state index contributed by atoms with van der Waals surface area (Å²) >= 11 is 1.62. The summed E-state index contributed by atoms with van der Waals surface area (Å²) in [6, 6.07) is 13.9. The maximum atomic E-state index is 12.3. The van der Waals surface area contributed by atoms with Crippen LogP contribution in [-0.4, -0.2) is 60.0 Å². The average molecular weight is 385 g/mol. The molecule has 2 atom stereocenters. The van der Waals surface area contributed by atoms with Crippen molar-refractivity contribution in [3.63, 3.8) is 0 Å². The minimum atomic E-state index is -0.384. The third-order valence-electron chi connectivity index (χ3n) is 4.91. The van der Waals surface area contributed by atoms with Gasteiger partial charge in [-0.15, -0.1) is 0 Å². The molecule has 1 amide bonds. The van der Waals surface area contributed by atoms with Gasteiger partial charge in [0.15, 0.2) is 0 Å². The Kier molecular flexibility index (Phi) is 4.97. The molecule has 1 spiro atoms. The van der Waals surface area contributed by atoms with Gasteiger partial charge in [0, 0.05) is 20.3 Å². The zero-order valence-corrected chi connectivity index (χ0v) is 16.3. The lowest BCUT2D eigenvalue weighted by atomic mass is 10.1. The molecule has 6 nitrogen and oxygen atoms in total. The van der Waals surface area contributed by atoms with E-state index in [2.05, 4.69) is 9.88 Å². The number of ether oxygens (including phenoxy) is 2. The van der Waals surface area contributed by atoms with Crippen LogP contribution in [0.4, 0.5) is 5.82 Å². The van der Waals surface area contributed by atoms with Crippen LogP contribution in [0.3, 0.4) is 0 Å². The second-order valence-electron chi connectivity index (χ2n) is 6.81. The van der Waals surface area contributed by atoms with E-state index in [1.165, 1.54) is 0 Å². The second kappa shape index (κ2) is 7.40. The van der Waals surface area contributed by atoms with Crippen molar-refractivity contribution < 1.29 is 14.3 Å². The summed E-state index contributed by atoms with van der Waals surface area (Å²) in [5, 5.41) is -0.457. The number of amides is 1. The first kappa shape index (κ1) is 18.1. The summed E-state index contributed by atoms with van der Waals surface area (Å²) in [4.78, 5) is 20.5. The van der Waals surface area contributed by atoms with Crippen molar-refractivity contribution in [3.8, 4) is 5.75 Å². The standard InChI is InChI=1S/C20H23N3O3S/c1-22(18-5-3-4-10-21-18)11-12-25-16-8-6-15(7-9-16)13-17-19(24)23(2)20(27-17)14-26-20/h3-10,17H,11-14H2,1-2H3. The summed E-state index contributed by atoms with van der Waals surface area (Å²) in [6.07, 6.45) is 2.50. The van der Waals surface area contributed by atoms with E-state index >= 15 is 0 Å². The van der Waals surface area contributed by atoms with Gasteiger partial charge in [-0.2, -0.15) is 0 Å². The molecule has 2 unspecified atom stereocenters. The molecule has 2 saturated heterocycles. The number of epoxide rings is 1. The Labute approximate surface area is 163 Å². The van der Waals surface area contributed by atoms with Crippen LogP contribution >= 0.6 is 11.8 Å². The van der Waals surface area contributed by atoms with E-state index in [0.717, 1.165) is 23.7 Å². The van der Waals surface area contributed by atoms with Gasteiger partial charge in [0.2, 0.25) is 11.0 Å². The van der Waals surface area contributed by atoms with Crippen LogP contribution in [-0.2, 0) is 16.0 Å². The first-order valence-electron chi connectivity index (χ1n) is 9.01. The molecular formula is C20H23N3O3S. The molecule has 0 bridgehead atoms. The Balaban J connectivity index is 1.26. The SMILES string of the molecule is CN(CCOc1ccc(CC2SC3(CO3)N(C)C2=O)cc1)c1ccccn1. The van der Waals surface area contributed by atoms with Crippen molar-refractivity contribution >= 4 is 23.5 Å². The molecule has 7 heteroatoms. The maximum absolute atomic E-state index is 12.3. The summed E-state index contributed by atoms with van der Waals surface area (Å²) in [5.74, 6) is 1.91. The summed E-state index contributed by atoms with van der Waals surface area (Å²) in [7, 11) is 3.82. The number of benzene rings is 1. The summed E-state index contributed by atoms with van der Waals surface area (Å²) in [5.41, 5.74) is 1.13. The van der Waals surface area contributed by atoms with Gasteiger partial charge >= 0.3 is 0 Å². The van der Waals surface area contributed by atoms with Crippen LogP contribution in [0, 0.1) is 0 Å². The predicted octanol–water partition coefficient (Wildman–Crippen LogP) is 2.40. The van der Waals surface area contributed by atoms with Gasteiger partial charge in [0.05, 0.1) is 11.8 Å².